The van der Waals surface area contributed by atoms with E-state index in [-0.39, 0.29) is 48.6 Å². The van der Waals surface area contributed by atoms with Gasteiger partial charge in [0.1, 0.15) is 11.6 Å². The zero-order valence-corrected chi connectivity index (χ0v) is 16.8. The van der Waals surface area contributed by atoms with Gasteiger partial charge in [0.05, 0.1) is 30.6 Å². The van der Waals surface area contributed by atoms with E-state index >= 15 is 0 Å². The predicted molar refractivity (Wildman–Crippen MR) is 104 cm³/mol. The first kappa shape index (κ1) is 21.4. The van der Waals surface area contributed by atoms with Gasteiger partial charge in [0, 0.05) is 23.9 Å². The number of β-amino-alcohol motifs (C(OH)–C–C–N with tert-alkyl or cyclic N) is 1. The lowest BCUT2D eigenvalue weighted by atomic mass is 10.1. The Morgan fingerprint density at radius 1 is 1.26 bits per heavy atom. The Bertz CT molecular complexity index is 1050. The highest BCUT2D eigenvalue weighted by molar-refractivity contribution is 6.32. The van der Waals surface area contributed by atoms with Crippen molar-refractivity contribution in [1.29, 1.82) is 0 Å². The first-order valence-electron chi connectivity index (χ1n) is 9.36. The number of aliphatic hydroxyl groups excluding tert-OH is 1. The second kappa shape index (κ2) is 8.01. The Kier molecular flexibility index (Phi) is 5.52. The van der Waals surface area contributed by atoms with Crippen molar-refractivity contribution in [3.8, 4) is 5.75 Å². The summed E-state index contributed by atoms with van der Waals surface area (Å²) < 4.78 is 41.7. The van der Waals surface area contributed by atoms with Crippen LogP contribution in [0.1, 0.15) is 27.9 Å². The van der Waals surface area contributed by atoms with Gasteiger partial charge in [-0.05, 0) is 23.8 Å². The molecule has 0 radical (unpaired) electrons. The number of hydrogen-bond acceptors (Lipinski definition) is 5. The number of aromatic nitrogens is 1. The summed E-state index contributed by atoms with van der Waals surface area (Å²) in [6.07, 6.45) is -3.81. The highest BCUT2D eigenvalue weighted by Gasteiger charge is 2.36. The first-order valence-corrected chi connectivity index (χ1v) is 9.74. The molecule has 2 aromatic rings. The van der Waals surface area contributed by atoms with Gasteiger partial charge in [0.2, 0.25) is 5.91 Å². The largest absolute Gasteiger partial charge is 0.483 e. The van der Waals surface area contributed by atoms with Crippen LogP contribution in [-0.4, -0.2) is 52.2 Å². The van der Waals surface area contributed by atoms with Crippen LogP contribution in [0.2, 0.25) is 5.02 Å². The van der Waals surface area contributed by atoms with Crippen molar-refractivity contribution in [3.05, 3.63) is 52.2 Å². The minimum absolute atomic E-state index is 0.00423. The molecule has 0 saturated carbocycles. The molecule has 0 bridgehead atoms. The van der Waals surface area contributed by atoms with Gasteiger partial charge in [0.15, 0.2) is 6.61 Å². The van der Waals surface area contributed by atoms with E-state index in [0.717, 1.165) is 0 Å². The molecule has 0 unspecified atom stereocenters. The lowest BCUT2D eigenvalue weighted by Gasteiger charge is -2.19. The van der Waals surface area contributed by atoms with Crippen molar-refractivity contribution in [1.82, 2.24) is 9.88 Å². The van der Waals surface area contributed by atoms with Gasteiger partial charge in [-0.2, -0.15) is 13.2 Å². The summed E-state index contributed by atoms with van der Waals surface area (Å²) in [6.45, 7) is -0.985. The number of amides is 2. The number of carbonyl (C=O) groups is 2. The highest BCUT2D eigenvalue weighted by atomic mass is 35.5. The number of hydrogen-bond donors (Lipinski definition) is 1. The summed E-state index contributed by atoms with van der Waals surface area (Å²) in [5.74, 6) is -0.278. The van der Waals surface area contributed by atoms with E-state index in [9.17, 15) is 27.9 Å². The van der Waals surface area contributed by atoms with Crippen LogP contribution in [-0.2, 0) is 17.9 Å². The van der Waals surface area contributed by atoms with Gasteiger partial charge in [-0.25, -0.2) is 4.98 Å². The fourth-order valence-electron chi connectivity index (χ4n) is 3.66. The monoisotopic (exact) mass is 455 g/mol. The number of aliphatic hydroxyl groups is 1. The number of benzene rings is 1. The van der Waals surface area contributed by atoms with Gasteiger partial charge < -0.3 is 14.7 Å². The summed E-state index contributed by atoms with van der Waals surface area (Å²) in [5, 5.41) is 9.76. The maximum Gasteiger partial charge on any atom is 0.422 e. The molecular formula is C20H17ClF3N3O4. The Morgan fingerprint density at radius 2 is 2.03 bits per heavy atom. The fraction of sp³-hybridized carbons (Fsp3) is 0.350. The molecule has 11 heteroatoms. The maximum atomic E-state index is 12.8. The minimum atomic E-state index is -4.48. The number of fused-ring (bicyclic) bond motifs is 1. The molecule has 1 fully saturated rings. The van der Waals surface area contributed by atoms with E-state index < -0.39 is 18.9 Å². The van der Waals surface area contributed by atoms with Crippen molar-refractivity contribution in [2.24, 2.45) is 0 Å². The number of pyridine rings is 1. The molecule has 1 N–H and O–H groups in total. The molecular weight excluding hydrogens is 439 g/mol. The van der Waals surface area contributed by atoms with Crippen molar-refractivity contribution < 1.29 is 32.6 Å². The first-order chi connectivity index (χ1) is 14.6. The molecule has 1 saturated heterocycles. The normalized spacial score (nSPS) is 18.7. The third-order valence-corrected chi connectivity index (χ3v) is 5.32. The Labute approximate surface area is 180 Å². The molecule has 1 aromatic carbocycles. The molecule has 2 amide bonds. The van der Waals surface area contributed by atoms with E-state index in [0.29, 0.717) is 22.5 Å². The molecule has 0 aliphatic carbocycles. The average Bonchev–Trinajstić information content (AvgIpc) is 3.19. The third kappa shape index (κ3) is 4.45. The van der Waals surface area contributed by atoms with Crippen LogP contribution >= 0.6 is 11.6 Å². The smallest absolute Gasteiger partial charge is 0.422 e. The van der Waals surface area contributed by atoms with Crippen molar-refractivity contribution in [3.63, 3.8) is 0 Å². The standard InChI is InChI=1S/C20H17ClF3N3O4/c21-15-5-11(1-2-16(15)31-10-20(22,23)24)7-26-9-14-13(19(26)30)3-4-25-18(14)27-8-12(28)6-17(27)29/h1-5,12,28H,6-10H2/t12-/m0/s1. The van der Waals surface area contributed by atoms with Crippen LogP contribution in [0.4, 0.5) is 19.0 Å². The quantitative estimate of drug-likeness (QED) is 0.749. The third-order valence-electron chi connectivity index (χ3n) is 5.02. The molecule has 4 rings (SSSR count). The molecule has 1 atom stereocenters. The van der Waals surface area contributed by atoms with E-state index in [1.807, 2.05) is 0 Å². The van der Waals surface area contributed by atoms with Gasteiger partial charge >= 0.3 is 6.18 Å². The topological polar surface area (TPSA) is 83.0 Å². The van der Waals surface area contributed by atoms with Crippen molar-refractivity contribution >= 4 is 29.2 Å². The molecule has 164 valence electrons. The number of nitrogens with zero attached hydrogens (tertiary/aromatic N) is 3. The maximum absolute atomic E-state index is 12.8. The molecule has 1 aromatic heterocycles. The Balaban J connectivity index is 1.50. The SMILES string of the molecule is O=C1c2ccnc(N3C[C@@H](O)CC3=O)c2CN1Cc1ccc(OCC(F)(F)F)c(Cl)c1. The van der Waals surface area contributed by atoms with E-state index in [1.165, 1.54) is 34.2 Å². The zero-order valence-electron chi connectivity index (χ0n) is 16.0. The van der Waals surface area contributed by atoms with Gasteiger partial charge in [0.25, 0.3) is 5.91 Å². The van der Waals surface area contributed by atoms with E-state index in [1.54, 1.807) is 6.07 Å². The van der Waals surface area contributed by atoms with Crippen LogP contribution in [0.3, 0.4) is 0 Å². The zero-order chi connectivity index (χ0) is 22.3. The fourth-order valence-corrected chi connectivity index (χ4v) is 3.92. The molecule has 2 aliphatic rings. The molecule has 7 nitrogen and oxygen atoms in total. The predicted octanol–water partition coefficient (Wildman–Crippen LogP) is 2.93. The number of alkyl halides is 3. The summed E-state index contributed by atoms with van der Waals surface area (Å²) in [4.78, 5) is 32.1. The van der Waals surface area contributed by atoms with Crippen LogP contribution in [0, 0.1) is 0 Å². The summed E-state index contributed by atoms with van der Waals surface area (Å²) in [7, 11) is 0. The van der Waals surface area contributed by atoms with Crippen LogP contribution in [0.5, 0.6) is 5.75 Å². The van der Waals surface area contributed by atoms with Gasteiger partial charge in [-0.3, -0.25) is 14.5 Å². The number of carbonyl (C=O) groups excluding carboxylic acids is 2. The van der Waals surface area contributed by atoms with E-state index in [2.05, 4.69) is 9.72 Å². The van der Waals surface area contributed by atoms with Crippen LogP contribution < -0.4 is 9.64 Å². The summed E-state index contributed by atoms with van der Waals surface area (Å²) in [6, 6.07) is 5.88. The van der Waals surface area contributed by atoms with Gasteiger partial charge in [-0.1, -0.05) is 17.7 Å². The number of anilines is 1. The van der Waals surface area contributed by atoms with Gasteiger partial charge in [-0.15, -0.1) is 0 Å². The van der Waals surface area contributed by atoms with Crippen molar-refractivity contribution in [2.45, 2.75) is 31.8 Å². The molecule has 0 spiro atoms. The summed E-state index contributed by atoms with van der Waals surface area (Å²) in [5.41, 5.74) is 1.61. The number of rotatable bonds is 5. The average molecular weight is 456 g/mol. The van der Waals surface area contributed by atoms with Crippen LogP contribution in [0.15, 0.2) is 30.5 Å². The van der Waals surface area contributed by atoms with Crippen molar-refractivity contribution in [2.75, 3.05) is 18.1 Å². The Hall–Kier alpha value is -2.85. The highest BCUT2D eigenvalue weighted by Crippen LogP contribution is 2.34. The lowest BCUT2D eigenvalue weighted by Crippen LogP contribution is -2.27. The lowest BCUT2D eigenvalue weighted by molar-refractivity contribution is -0.153. The second-order valence-electron chi connectivity index (χ2n) is 7.35. The molecule has 31 heavy (non-hydrogen) atoms. The molecule has 3 heterocycles. The summed E-state index contributed by atoms with van der Waals surface area (Å²) >= 11 is 6.04. The van der Waals surface area contributed by atoms with E-state index in [4.69, 9.17) is 11.6 Å². The number of ether oxygens (including phenoxy) is 1. The molecule has 2 aliphatic heterocycles. The minimum Gasteiger partial charge on any atom is -0.483 e. The number of halogens is 4. The van der Waals surface area contributed by atoms with Crippen LogP contribution in [0.25, 0.3) is 0 Å². The Morgan fingerprint density at radius 3 is 2.68 bits per heavy atom. The second-order valence-corrected chi connectivity index (χ2v) is 7.76.